The number of carbonyl (C=O) groups excluding carboxylic acids is 1. The van der Waals surface area contributed by atoms with Crippen molar-refractivity contribution in [2.24, 2.45) is 0 Å². The summed E-state index contributed by atoms with van der Waals surface area (Å²) in [5, 5.41) is 11.7. The van der Waals surface area contributed by atoms with E-state index in [0.29, 0.717) is 5.82 Å². The summed E-state index contributed by atoms with van der Waals surface area (Å²) in [6.07, 6.45) is -1.42. The number of aromatic nitrogens is 2. The smallest absolute Gasteiger partial charge is 0.346 e. The molecule has 2 rings (SSSR count). The Morgan fingerprint density at radius 1 is 1.29 bits per heavy atom. The van der Waals surface area contributed by atoms with Gasteiger partial charge in [-0.25, -0.2) is 14.2 Å². The molecule has 150 valence electrons. The molecule has 1 aromatic carbocycles. The van der Waals surface area contributed by atoms with Crippen LogP contribution in [-0.4, -0.2) is 39.6 Å². The van der Waals surface area contributed by atoms with Crippen LogP contribution in [0.15, 0.2) is 29.1 Å². The third-order valence-electron chi connectivity index (χ3n) is 3.85. The Bertz CT molecular complexity index is 932. The number of nitrogens with zero attached hydrogens (tertiary/aromatic N) is 1. The van der Waals surface area contributed by atoms with Crippen molar-refractivity contribution in [3.63, 3.8) is 0 Å². The molecular weight excluding hydrogens is 369 g/mol. The summed E-state index contributed by atoms with van der Waals surface area (Å²) < 4.78 is 18.2. The number of carboxylic acids is 1. The number of aromatic amines is 1. The van der Waals surface area contributed by atoms with Crippen LogP contribution in [0.5, 0.6) is 5.75 Å². The molecule has 0 fully saturated rings. The van der Waals surface area contributed by atoms with Gasteiger partial charge in [0.15, 0.2) is 0 Å². The van der Waals surface area contributed by atoms with Gasteiger partial charge in [0.25, 0.3) is 11.5 Å². The molecule has 1 unspecified atom stereocenters. The zero-order valence-corrected chi connectivity index (χ0v) is 16.0. The van der Waals surface area contributed by atoms with Crippen LogP contribution in [0.4, 0.5) is 4.39 Å². The summed E-state index contributed by atoms with van der Waals surface area (Å²) in [4.78, 5) is 42.9. The summed E-state index contributed by atoms with van der Waals surface area (Å²) >= 11 is 0. The molecule has 0 radical (unpaired) electrons. The Labute approximate surface area is 160 Å². The van der Waals surface area contributed by atoms with E-state index >= 15 is 0 Å². The molecule has 1 atom stereocenters. The molecule has 0 aliphatic heterocycles. The fourth-order valence-corrected chi connectivity index (χ4v) is 2.34. The van der Waals surface area contributed by atoms with E-state index in [9.17, 15) is 23.9 Å². The molecule has 3 N–H and O–H groups in total. The van der Waals surface area contributed by atoms with Crippen LogP contribution in [-0.2, 0) is 10.2 Å². The van der Waals surface area contributed by atoms with Gasteiger partial charge in [-0.05, 0) is 31.2 Å². The normalized spacial score (nSPS) is 12.3. The number of benzene rings is 1. The second-order valence-corrected chi connectivity index (χ2v) is 7.23. The lowest BCUT2D eigenvalue weighted by atomic mass is 9.95. The standard InChI is InChI=1S/C19H22FN3O5/c1-10-14(16(25)23-18(22-10)19(2,3)4)15(24)21-9-13(17(26)27)28-12-7-5-11(20)6-8-12/h5-8,13H,9H2,1-4H3,(H,21,24)(H,26,27)(H,22,23,25). The van der Waals surface area contributed by atoms with Crippen LogP contribution in [0, 0.1) is 12.7 Å². The minimum Gasteiger partial charge on any atom is -0.478 e. The molecule has 0 aliphatic carbocycles. The highest BCUT2D eigenvalue weighted by molar-refractivity contribution is 5.95. The maximum Gasteiger partial charge on any atom is 0.346 e. The Kier molecular flexibility index (Phi) is 6.17. The molecule has 0 bridgehead atoms. The largest absolute Gasteiger partial charge is 0.478 e. The van der Waals surface area contributed by atoms with Crippen molar-refractivity contribution in [3.8, 4) is 5.75 Å². The van der Waals surface area contributed by atoms with Crippen LogP contribution in [0.1, 0.15) is 42.6 Å². The van der Waals surface area contributed by atoms with E-state index in [-0.39, 0.29) is 17.0 Å². The second kappa shape index (κ2) is 8.20. The molecular formula is C19H22FN3O5. The van der Waals surface area contributed by atoms with Gasteiger partial charge in [0.1, 0.15) is 23.0 Å². The first-order valence-electron chi connectivity index (χ1n) is 8.53. The SMILES string of the molecule is Cc1nc(C(C)(C)C)[nH]c(=O)c1C(=O)NCC(Oc1ccc(F)cc1)C(=O)O. The van der Waals surface area contributed by atoms with Gasteiger partial charge in [0.2, 0.25) is 6.10 Å². The number of carbonyl (C=O) groups is 2. The van der Waals surface area contributed by atoms with Crippen molar-refractivity contribution in [1.29, 1.82) is 0 Å². The zero-order valence-electron chi connectivity index (χ0n) is 16.0. The first-order chi connectivity index (χ1) is 13.0. The van der Waals surface area contributed by atoms with E-state index in [1.807, 2.05) is 20.8 Å². The average molecular weight is 391 g/mol. The second-order valence-electron chi connectivity index (χ2n) is 7.23. The van der Waals surface area contributed by atoms with Gasteiger partial charge < -0.3 is 20.1 Å². The molecule has 9 heteroatoms. The van der Waals surface area contributed by atoms with E-state index in [2.05, 4.69) is 15.3 Å². The van der Waals surface area contributed by atoms with Gasteiger partial charge in [-0.15, -0.1) is 0 Å². The monoisotopic (exact) mass is 391 g/mol. The van der Waals surface area contributed by atoms with E-state index < -0.39 is 41.3 Å². The van der Waals surface area contributed by atoms with Crippen molar-refractivity contribution < 1.29 is 23.8 Å². The number of aryl methyl sites for hydroxylation is 1. The van der Waals surface area contributed by atoms with Crippen LogP contribution in [0.3, 0.4) is 0 Å². The molecule has 0 saturated carbocycles. The number of halogens is 1. The summed E-state index contributed by atoms with van der Waals surface area (Å²) in [6.45, 7) is 6.74. The molecule has 2 aromatic rings. The predicted molar refractivity (Wildman–Crippen MR) is 99.1 cm³/mol. The number of hydrogen-bond acceptors (Lipinski definition) is 5. The van der Waals surface area contributed by atoms with Gasteiger partial charge in [0.05, 0.1) is 12.2 Å². The number of amides is 1. The number of carboxylic acid groups (broad SMARTS) is 1. The summed E-state index contributed by atoms with van der Waals surface area (Å²) in [5.74, 6) is -2.01. The lowest BCUT2D eigenvalue weighted by Crippen LogP contribution is -2.42. The molecule has 8 nitrogen and oxygen atoms in total. The minimum absolute atomic E-state index is 0.133. The third kappa shape index (κ3) is 5.15. The average Bonchev–Trinajstić information content (AvgIpc) is 2.58. The lowest BCUT2D eigenvalue weighted by molar-refractivity contribution is -0.144. The van der Waals surface area contributed by atoms with Crippen molar-refractivity contribution in [2.45, 2.75) is 39.2 Å². The third-order valence-corrected chi connectivity index (χ3v) is 3.85. The highest BCUT2D eigenvalue weighted by atomic mass is 19.1. The molecule has 1 aromatic heterocycles. The Balaban J connectivity index is 2.14. The Hall–Kier alpha value is -3.23. The van der Waals surface area contributed by atoms with Gasteiger partial charge in [-0.1, -0.05) is 20.8 Å². The first-order valence-corrected chi connectivity index (χ1v) is 8.53. The van der Waals surface area contributed by atoms with Crippen LogP contribution in [0.25, 0.3) is 0 Å². The van der Waals surface area contributed by atoms with Crippen molar-refractivity contribution in [3.05, 3.63) is 57.5 Å². The first kappa shape index (κ1) is 21.1. The Morgan fingerprint density at radius 2 is 1.89 bits per heavy atom. The van der Waals surface area contributed by atoms with Gasteiger partial charge in [0, 0.05) is 5.41 Å². The maximum absolute atomic E-state index is 12.9. The number of H-pyrrole nitrogens is 1. The van der Waals surface area contributed by atoms with E-state index in [4.69, 9.17) is 4.74 Å². The van der Waals surface area contributed by atoms with E-state index in [0.717, 1.165) is 12.1 Å². The Morgan fingerprint density at radius 3 is 2.39 bits per heavy atom. The fourth-order valence-electron chi connectivity index (χ4n) is 2.34. The van der Waals surface area contributed by atoms with Crippen molar-refractivity contribution >= 4 is 11.9 Å². The molecule has 0 spiro atoms. The van der Waals surface area contributed by atoms with Crippen molar-refractivity contribution in [1.82, 2.24) is 15.3 Å². The summed E-state index contributed by atoms with van der Waals surface area (Å²) in [5.41, 5.74) is -0.978. The summed E-state index contributed by atoms with van der Waals surface area (Å²) in [6, 6.07) is 4.80. The van der Waals surface area contributed by atoms with Gasteiger partial charge in [-0.2, -0.15) is 0 Å². The predicted octanol–water partition coefficient (Wildman–Crippen LogP) is 1.78. The van der Waals surface area contributed by atoms with E-state index in [1.165, 1.54) is 19.1 Å². The number of aliphatic carboxylic acids is 1. The van der Waals surface area contributed by atoms with Gasteiger partial charge >= 0.3 is 5.97 Å². The van der Waals surface area contributed by atoms with Crippen LogP contribution < -0.4 is 15.6 Å². The molecule has 0 aliphatic rings. The van der Waals surface area contributed by atoms with Crippen LogP contribution >= 0.6 is 0 Å². The number of hydrogen-bond donors (Lipinski definition) is 3. The molecule has 0 saturated heterocycles. The number of rotatable bonds is 6. The highest BCUT2D eigenvalue weighted by Crippen LogP contribution is 2.17. The van der Waals surface area contributed by atoms with Crippen molar-refractivity contribution in [2.75, 3.05) is 6.54 Å². The zero-order chi connectivity index (χ0) is 21.1. The fraction of sp³-hybridized carbons (Fsp3) is 0.368. The molecule has 28 heavy (non-hydrogen) atoms. The lowest BCUT2D eigenvalue weighted by Gasteiger charge is -2.19. The molecule has 1 heterocycles. The van der Waals surface area contributed by atoms with Gasteiger partial charge in [-0.3, -0.25) is 9.59 Å². The van der Waals surface area contributed by atoms with E-state index in [1.54, 1.807) is 0 Å². The highest BCUT2D eigenvalue weighted by Gasteiger charge is 2.25. The number of ether oxygens (including phenoxy) is 1. The quantitative estimate of drug-likeness (QED) is 0.690. The summed E-state index contributed by atoms with van der Waals surface area (Å²) in [7, 11) is 0. The number of nitrogens with one attached hydrogen (secondary N) is 2. The van der Waals surface area contributed by atoms with Crippen LogP contribution in [0.2, 0.25) is 0 Å². The molecule has 1 amide bonds. The minimum atomic E-state index is -1.42. The maximum atomic E-state index is 12.9. The topological polar surface area (TPSA) is 121 Å².